The number of sulfonamides is 1. The molecule has 1 aromatic carbocycles. The van der Waals surface area contributed by atoms with Gasteiger partial charge in [0.05, 0.1) is 10.2 Å². The minimum atomic E-state index is -3.17. The topological polar surface area (TPSA) is 75.7 Å². The van der Waals surface area contributed by atoms with Crippen LogP contribution in [0.25, 0.3) is 0 Å². The molecule has 1 aliphatic rings. The van der Waals surface area contributed by atoms with Crippen LogP contribution in [-0.4, -0.2) is 49.6 Å². The van der Waals surface area contributed by atoms with Crippen molar-refractivity contribution in [3.8, 4) is 5.75 Å². The summed E-state index contributed by atoms with van der Waals surface area (Å²) in [4.78, 5) is 12.4. The maximum Gasteiger partial charge on any atom is 0.260 e. The van der Waals surface area contributed by atoms with Gasteiger partial charge in [-0.05, 0) is 60.3 Å². The van der Waals surface area contributed by atoms with E-state index in [1.54, 1.807) is 25.1 Å². The molecule has 1 fully saturated rings. The summed E-state index contributed by atoms with van der Waals surface area (Å²) in [7, 11) is -3.17. The molecule has 1 N–H and O–H groups in total. The molecule has 6 nitrogen and oxygen atoms in total. The molecule has 1 aliphatic heterocycles. The van der Waals surface area contributed by atoms with Crippen LogP contribution in [-0.2, 0) is 14.8 Å². The van der Waals surface area contributed by atoms with Crippen LogP contribution in [0, 0.1) is 0 Å². The molecular formula is C17H24BrClN2O4S. The van der Waals surface area contributed by atoms with E-state index in [0.717, 1.165) is 0 Å². The number of benzene rings is 1. The lowest BCUT2D eigenvalue weighted by atomic mass is 10.1. The second-order valence-electron chi connectivity index (χ2n) is 6.33. The molecule has 2 rings (SSSR count). The van der Waals surface area contributed by atoms with E-state index < -0.39 is 16.1 Å². The highest BCUT2D eigenvalue weighted by Crippen LogP contribution is 2.28. The van der Waals surface area contributed by atoms with Crippen molar-refractivity contribution in [2.24, 2.45) is 0 Å². The molecule has 1 amide bonds. The van der Waals surface area contributed by atoms with E-state index in [9.17, 15) is 13.2 Å². The van der Waals surface area contributed by atoms with E-state index in [2.05, 4.69) is 21.2 Å². The third kappa shape index (κ3) is 5.84. The van der Waals surface area contributed by atoms with E-state index >= 15 is 0 Å². The minimum absolute atomic E-state index is 0.0460. The summed E-state index contributed by atoms with van der Waals surface area (Å²) in [5.74, 6) is 0.490. The van der Waals surface area contributed by atoms with Crippen LogP contribution in [0.1, 0.15) is 33.1 Å². The average Bonchev–Trinajstić information content (AvgIpc) is 2.57. The molecular weight excluding hydrogens is 444 g/mol. The zero-order valence-corrected chi connectivity index (χ0v) is 18.0. The molecule has 146 valence electrons. The van der Waals surface area contributed by atoms with Crippen molar-refractivity contribution < 1.29 is 17.9 Å². The molecule has 9 heteroatoms. The van der Waals surface area contributed by atoms with Gasteiger partial charge in [0.25, 0.3) is 5.91 Å². The van der Waals surface area contributed by atoms with Gasteiger partial charge in [0.1, 0.15) is 5.75 Å². The number of nitrogens with zero attached hydrogens (tertiary/aromatic N) is 1. The van der Waals surface area contributed by atoms with Crippen LogP contribution in [0.4, 0.5) is 0 Å². The summed E-state index contributed by atoms with van der Waals surface area (Å²) in [5.41, 5.74) is 0. The minimum Gasteiger partial charge on any atom is -0.480 e. The van der Waals surface area contributed by atoms with Gasteiger partial charge in [-0.2, -0.15) is 0 Å². The first-order valence-electron chi connectivity index (χ1n) is 8.63. The van der Waals surface area contributed by atoms with Gasteiger partial charge in [0.15, 0.2) is 6.10 Å². The fraction of sp³-hybridized carbons (Fsp3) is 0.588. The molecule has 0 bridgehead atoms. The number of hydrogen-bond donors (Lipinski definition) is 1. The van der Waals surface area contributed by atoms with Crippen LogP contribution >= 0.6 is 27.5 Å². The smallest absolute Gasteiger partial charge is 0.260 e. The first kappa shape index (κ1) is 21.5. The average molecular weight is 468 g/mol. The van der Waals surface area contributed by atoms with Gasteiger partial charge >= 0.3 is 0 Å². The molecule has 0 saturated carbocycles. The first-order valence-corrected chi connectivity index (χ1v) is 11.4. The molecule has 1 heterocycles. The maximum absolute atomic E-state index is 12.4. The Morgan fingerprint density at radius 1 is 1.42 bits per heavy atom. The number of carbonyl (C=O) groups is 1. The van der Waals surface area contributed by atoms with Gasteiger partial charge in [-0.25, -0.2) is 12.7 Å². The molecule has 0 aromatic heterocycles. The lowest BCUT2D eigenvalue weighted by molar-refractivity contribution is -0.128. The molecule has 0 spiro atoms. The number of rotatable bonds is 7. The summed E-state index contributed by atoms with van der Waals surface area (Å²) >= 11 is 9.25. The third-order valence-electron chi connectivity index (χ3n) is 4.22. The van der Waals surface area contributed by atoms with Gasteiger partial charge in [-0.15, -0.1) is 0 Å². The van der Waals surface area contributed by atoms with Gasteiger partial charge < -0.3 is 10.1 Å². The number of halogens is 2. The standard InChI is InChI=1S/C17H24BrClN2O4S/c1-3-10-26(23,24)21-8-6-14(7-9-21)20-17(22)12(2)25-16-5-4-13(19)11-15(16)18/h4-5,11-12,14H,3,6-10H2,1-2H3,(H,20,22). The lowest BCUT2D eigenvalue weighted by Gasteiger charge is -2.32. The first-order chi connectivity index (χ1) is 12.2. The van der Waals surface area contributed by atoms with Crippen LogP contribution in [0.5, 0.6) is 5.75 Å². The predicted molar refractivity (Wildman–Crippen MR) is 106 cm³/mol. The van der Waals surface area contributed by atoms with E-state index in [1.807, 2.05) is 6.92 Å². The molecule has 0 radical (unpaired) electrons. The monoisotopic (exact) mass is 466 g/mol. The second-order valence-corrected chi connectivity index (χ2v) is 9.71. The highest BCUT2D eigenvalue weighted by Gasteiger charge is 2.29. The molecule has 0 aliphatic carbocycles. The number of piperidine rings is 1. The SMILES string of the molecule is CCCS(=O)(=O)N1CCC(NC(=O)C(C)Oc2ccc(Cl)cc2Br)CC1. The summed E-state index contributed by atoms with van der Waals surface area (Å²) < 4.78 is 32.1. The maximum atomic E-state index is 12.4. The molecule has 1 aromatic rings. The van der Waals surface area contributed by atoms with Crippen LogP contribution in [0.2, 0.25) is 5.02 Å². The quantitative estimate of drug-likeness (QED) is 0.668. The van der Waals surface area contributed by atoms with E-state index in [4.69, 9.17) is 16.3 Å². The highest BCUT2D eigenvalue weighted by atomic mass is 79.9. The largest absolute Gasteiger partial charge is 0.480 e. The molecule has 26 heavy (non-hydrogen) atoms. The Kier molecular flexibility index (Phi) is 7.76. The molecule has 1 atom stereocenters. The van der Waals surface area contributed by atoms with Crippen LogP contribution < -0.4 is 10.1 Å². The normalized spacial score (nSPS) is 17.7. The van der Waals surface area contributed by atoms with Crippen LogP contribution in [0.15, 0.2) is 22.7 Å². The van der Waals surface area contributed by atoms with Gasteiger partial charge in [0, 0.05) is 24.2 Å². The number of amides is 1. The van der Waals surface area contributed by atoms with E-state index in [-0.39, 0.29) is 17.7 Å². The zero-order valence-electron chi connectivity index (χ0n) is 14.9. The Morgan fingerprint density at radius 3 is 2.65 bits per heavy atom. The van der Waals surface area contributed by atoms with Crippen molar-refractivity contribution >= 4 is 43.5 Å². The van der Waals surface area contributed by atoms with Gasteiger partial charge in [-0.1, -0.05) is 18.5 Å². The van der Waals surface area contributed by atoms with Crippen LogP contribution in [0.3, 0.4) is 0 Å². The molecule has 1 saturated heterocycles. The predicted octanol–water partition coefficient (Wildman–Crippen LogP) is 3.19. The Hall–Kier alpha value is -0.830. The van der Waals surface area contributed by atoms with Gasteiger partial charge in [-0.3, -0.25) is 4.79 Å². The van der Waals surface area contributed by atoms with Crippen molar-refractivity contribution in [2.75, 3.05) is 18.8 Å². The van der Waals surface area contributed by atoms with Gasteiger partial charge in [0.2, 0.25) is 10.0 Å². The number of ether oxygens (including phenoxy) is 1. The summed E-state index contributed by atoms with van der Waals surface area (Å²) in [5, 5.41) is 3.52. The zero-order chi connectivity index (χ0) is 19.3. The summed E-state index contributed by atoms with van der Waals surface area (Å²) in [6.07, 6.45) is 1.14. The number of hydrogen-bond acceptors (Lipinski definition) is 4. The fourth-order valence-corrected chi connectivity index (χ4v) is 5.12. The van der Waals surface area contributed by atoms with Crippen molar-refractivity contribution in [2.45, 2.75) is 45.3 Å². The number of carbonyl (C=O) groups excluding carboxylic acids is 1. The Balaban J connectivity index is 1.84. The highest BCUT2D eigenvalue weighted by molar-refractivity contribution is 9.10. The summed E-state index contributed by atoms with van der Waals surface area (Å²) in [6, 6.07) is 5.05. The Labute approximate surface area is 168 Å². The van der Waals surface area contributed by atoms with E-state index in [1.165, 1.54) is 4.31 Å². The molecule has 1 unspecified atom stereocenters. The van der Waals surface area contributed by atoms with Crippen molar-refractivity contribution in [3.05, 3.63) is 27.7 Å². The van der Waals surface area contributed by atoms with E-state index in [0.29, 0.717) is 47.6 Å². The third-order valence-corrected chi connectivity index (χ3v) is 7.15. The fourth-order valence-electron chi connectivity index (χ4n) is 2.80. The van der Waals surface area contributed by atoms with Crippen molar-refractivity contribution in [3.63, 3.8) is 0 Å². The Bertz CT molecular complexity index is 736. The van der Waals surface area contributed by atoms with Crippen molar-refractivity contribution in [1.82, 2.24) is 9.62 Å². The summed E-state index contributed by atoms with van der Waals surface area (Å²) in [6.45, 7) is 4.40. The van der Waals surface area contributed by atoms with Crippen molar-refractivity contribution in [1.29, 1.82) is 0 Å². The lowest BCUT2D eigenvalue weighted by Crippen LogP contribution is -2.49. The number of nitrogens with one attached hydrogen (secondary N) is 1. The Morgan fingerprint density at radius 2 is 2.08 bits per heavy atom. The second kappa shape index (κ2) is 9.39.